The Labute approximate surface area is 632 Å². The van der Waals surface area contributed by atoms with Gasteiger partial charge in [-0.05, 0) is 107 Å². The fraction of sp³-hybridized carbons (Fsp3) is 0.420. The summed E-state index contributed by atoms with van der Waals surface area (Å²) in [6.45, 7) is 48.3. The number of nitrogen functional groups attached to an aromatic ring is 1. The van der Waals surface area contributed by atoms with E-state index in [4.69, 9.17) is 52.7 Å². The van der Waals surface area contributed by atoms with Crippen molar-refractivity contribution >= 4 is 40.9 Å². The van der Waals surface area contributed by atoms with Crippen LogP contribution in [0.15, 0.2) is 144 Å². The lowest BCUT2D eigenvalue weighted by Gasteiger charge is -2.46. The quantitative estimate of drug-likeness (QED) is 0.125. The summed E-state index contributed by atoms with van der Waals surface area (Å²) in [4.78, 5) is 115. The summed E-state index contributed by atoms with van der Waals surface area (Å²) in [6.07, 6.45) is 21.6. The first-order valence-corrected chi connectivity index (χ1v) is 37.9. The number of nitrogens with one attached hydrogen (secondary N) is 1. The molecule has 3 aromatic carbocycles. The second-order valence-electron chi connectivity index (χ2n) is 31.4. The summed E-state index contributed by atoms with van der Waals surface area (Å²) in [5.41, 5.74) is 25.6. The molecule has 0 bridgehead atoms. The van der Waals surface area contributed by atoms with Crippen molar-refractivity contribution in [2.45, 2.75) is 174 Å². The highest BCUT2D eigenvalue weighted by molar-refractivity contribution is 6.02. The minimum Gasteiger partial charge on any atom is -0.368 e. The van der Waals surface area contributed by atoms with Gasteiger partial charge in [0.1, 0.15) is 12.2 Å². The second kappa shape index (κ2) is 30.2. The van der Waals surface area contributed by atoms with Crippen LogP contribution in [0.3, 0.4) is 0 Å². The number of fused-ring (bicyclic) bond motifs is 12. The minimum atomic E-state index is -0.572. The smallest absolute Gasteiger partial charge is 0.230 e. The predicted molar refractivity (Wildman–Crippen MR) is 414 cm³/mol. The van der Waals surface area contributed by atoms with Crippen LogP contribution in [-0.4, -0.2) is 75.5 Å². The number of amides is 1. The third kappa shape index (κ3) is 13.4. The van der Waals surface area contributed by atoms with Gasteiger partial charge in [0, 0.05) is 96.7 Å². The highest BCUT2D eigenvalue weighted by Gasteiger charge is 2.54. The molecule has 7 aromatic rings. The van der Waals surface area contributed by atoms with Crippen molar-refractivity contribution in [2.24, 2.45) is 59.0 Å². The van der Waals surface area contributed by atoms with Gasteiger partial charge in [0.15, 0.2) is 23.1 Å². The summed E-state index contributed by atoms with van der Waals surface area (Å²) in [6, 6.07) is 30.1. The number of anilines is 2. The van der Waals surface area contributed by atoms with Crippen LogP contribution in [0.1, 0.15) is 170 Å². The van der Waals surface area contributed by atoms with E-state index in [9.17, 15) is 24.0 Å². The fourth-order valence-electron chi connectivity index (χ4n) is 19.6. The number of aryl methyl sites for hydroxylation is 1. The topological polar surface area (TPSA) is 270 Å². The molecule has 4 aromatic heterocycles. The summed E-state index contributed by atoms with van der Waals surface area (Å²) >= 11 is 0. The Bertz CT molecular complexity index is 5110. The molecule has 0 unspecified atom stereocenters. The van der Waals surface area contributed by atoms with E-state index in [1.165, 1.54) is 12.0 Å². The van der Waals surface area contributed by atoms with Crippen LogP contribution >= 0.6 is 0 Å². The number of aromatic nitrogens is 8. The summed E-state index contributed by atoms with van der Waals surface area (Å²) in [7, 11) is 0. The number of Topliss-reactive ketones (excluding diaryl/α,β-unsaturated/α-hetero) is 4. The lowest BCUT2D eigenvalue weighted by molar-refractivity contribution is -0.122. The molecule has 5 N–H and O–H groups in total. The van der Waals surface area contributed by atoms with Crippen molar-refractivity contribution in [3.05, 3.63) is 247 Å². The molecule has 0 radical (unpaired) electrons. The lowest BCUT2D eigenvalue weighted by atomic mass is 9.58. The zero-order valence-electron chi connectivity index (χ0n) is 62.9. The Kier molecular flexibility index (Phi) is 21.0. The Morgan fingerprint density at radius 2 is 0.833 bits per heavy atom. The van der Waals surface area contributed by atoms with E-state index < -0.39 is 16.2 Å². The largest absolute Gasteiger partial charge is 0.368 e. The molecule has 108 heavy (non-hydrogen) atoms. The van der Waals surface area contributed by atoms with Crippen LogP contribution in [0, 0.1) is 86.5 Å². The molecule has 20 heteroatoms. The zero-order chi connectivity index (χ0) is 76.7. The fourth-order valence-corrected chi connectivity index (χ4v) is 19.6. The zero-order valence-corrected chi connectivity index (χ0v) is 62.9. The number of allylic oxidation sites excluding steroid dienone is 8. The van der Waals surface area contributed by atoms with Gasteiger partial charge in [-0.1, -0.05) is 190 Å². The van der Waals surface area contributed by atoms with Gasteiger partial charge in [0.2, 0.25) is 40.6 Å². The maximum Gasteiger partial charge on any atom is 0.230 e. The predicted octanol–water partition coefficient (Wildman–Crippen LogP) is 15.2. The molecule has 4 heterocycles. The molecule has 0 aliphatic heterocycles. The van der Waals surface area contributed by atoms with Gasteiger partial charge in [-0.2, -0.15) is 0 Å². The molecule has 9 aliphatic rings. The molecule has 0 spiro atoms. The van der Waals surface area contributed by atoms with Crippen molar-refractivity contribution in [2.75, 3.05) is 17.6 Å². The lowest BCUT2D eigenvalue weighted by Crippen LogP contribution is -2.46. The Morgan fingerprint density at radius 3 is 1.25 bits per heavy atom. The van der Waals surface area contributed by atoms with Crippen LogP contribution < -0.4 is 16.8 Å². The molecule has 12 atom stereocenters. The normalized spacial score (nSPS) is 27.6. The van der Waals surface area contributed by atoms with Gasteiger partial charge in [0.05, 0.1) is 66.1 Å². The van der Waals surface area contributed by atoms with Gasteiger partial charge >= 0.3 is 0 Å². The molecular weight excluding hydrogens is 1350 g/mol. The molecule has 548 valence electrons. The van der Waals surface area contributed by atoms with Crippen molar-refractivity contribution in [3.63, 3.8) is 0 Å². The number of benzene rings is 3. The van der Waals surface area contributed by atoms with Gasteiger partial charge in [0.25, 0.3) is 0 Å². The number of ketones is 4. The standard InChI is InChI=1S/C28H30N4O2.C21H20N4O.C21H19N3O.C18H22N4O/c1-17-21-15-14-20-23(18-10-6-4-7-11-18)30-27(32-26(34)19-12-8-5-9-13-19)31-25(20)28(21,2)16-22(29-3)24(17)33;1-12-15-10-9-14-17(13-7-5-4-6-8-13)24-20(22)25-19(14)21(15,2)11-16(23-3)18(12)26;1-13-16-10-9-15-18(14-7-5-4-6-8-14)23-12-24-20(15)21(16,2)11-17(22-3)19(13)25;1-10-13-6-5-12-11(2)21-15(7-8-19)22-17(12)18(13,3)9-14(20-4)16(10)23/h4,6-7,10-11,16-17,19,21H,5,8-9,12-15H2,1-2H3,(H,30,31,32,34);4-8,11-12,15H,9-10H2,1-2H3,(H2,22,24,25);4-8,11-13,16H,9-10H2,1-2H3;9-10,13H,5-8,19H2,1-3H3/t17-,21-,28-;12-,15-,21-;13-,16-,21-;10-,13-,18-/m1111/s1. The van der Waals surface area contributed by atoms with Gasteiger partial charge in [-0.15, -0.1) is 0 Å². The summed E-state index contributed by atoms with van der Waals surface area (Å²) in [5.74, 6) is 0.890. The van der Waals surface area contributed by atoms with Crippen molar-refractivity contribution in [1.82, 2.24) is 39.9 Å². The number of hydrogen-bond donors (Lipinski definition) is 3. The van der Waals surface area contributed by atoms with E-state index in [-0.39, 0.29) is 116 Å². The van der Waals surface area contributed by atoms with Gasteiger partial charge in [-0.25, -0.2) is 59.3 Å². The highest BCUT2D eigenvalue weighted by atomic mass is 16.2. The van der Waals surface area contributed by atoms with Gasteiger partial charge in [-0.3, -0.25) is 10.1 Å². The molecule has 16 rings (SSSR count). The van der Waals surface area contributed by atoms with E-state index >= 15 is 0 Å². The number of carbonyl (C=O) groups is 5. The van der Waals surface area contributed by atoms with Crippen LogP contribution in [0.4, 0.5) is 11.9 Å². The van der Waals surface area contributed by atoms with E-state index in [2.05, 4.69) is 89.4 Å². The van der Waals surface area contributed by atoms with Crippen LogP contribution in [0.5, 0.6) is 0 Å². The maximum absolute atomic E-state index is 13.1. The molecular formula is C88H91N15O5. The Hall–Kier alpha value is -11.2. The van der Waals surface area contributed by atoms with Crippen molar-refractivity contribution < 1.29 is 24.0 Å². The molecule has 1 fully saturated rings. The van der Waals surface area contributed by atoms with Crippen LogP contribution in [0.25, 0.3) is 53.2 Å². The van der Waals surface area contributed by atoms with E-state index in [0.29, 0.717) is 18.9 Å². The third-order valence-electron chi connectivity index (χ3n) is 25.2. The van der Waals surface area contributed by atoms with E-state index in [0.717, 1.165) is 162 Å². The number of nitrogens with zero attached hydrogens (tertiary/aromatic N) is 12. The highest BCUT2D eigenvalue weighted by Crippen LogP contribution is 2.55. The third-order valence-corrected chi connectivity index (χ3v) is 25.2. The van der Waals surface area contributed by atoms with Crippen LogP contribution in [0.2, 0.25) is 0 Å². The van der Waals surface area contributed by atoms with Crippen molar-refractivity contribution in [3.8, 4) is 33.8 Å². The molecule has 1 amide bonds. The second-order valence-corrected chi connectivity index (χ2v) is 31.4. The summed E-state index contributed by atoms with van der Waals surface area (Å²) in [5, 5.41) is 3.02. The number of rotatable bonds is 7. The molecule has 1 saturated carbocycles. The Morgan fingerprint density at radius 1 is 0.463 bits per heavy atom. The van der Waals surface area contributed by atoms with E-state index in [1.807, 2.05) is 138 Å². The first kappa shape index (κ1) is 75.1. The molecule has 20 nitrogen and oxygen atoms in total. The summed E-state index contributed by atoms with van der Waals surface area (Å²) < 4.78 is 0. The maximum atomic E-state index is 13.1. The molecule has 9 aliphatic carbocycles. The van der Waals surface area contributed by atoms with Gasteiger partial charge < -0.3 is 30.6 Å². The molecule has 0 saturated heterocycles. The minimum absolute atomic E-state index is 0.00201. The first-order chi connectivity index (χ1) is 51.8. The number of carbonyl (C=O) groups excluding carboxylic acids is 5. The number of nitrogens with two attached hydrogens (primary N) is 2. The Balaban J connectivity index is 0.000000128. The average Bonchev–Trinajstić information content (AvgIpc) is 0.743. The monoisotopic (exact) mass is 1440 g/mol. The first-order valence-electron chi connectivity index (χ1n) is 37.9. The average molecular weight is 1440 g/mol. The van der Waals surface area contributed by atoms with Crippen LogP contribution in [-0.2, 0) is 77.7 Å². The number of hydrogen-bond acceptors (Lipinski definition) is 15. The van der Waals surface area contributed by atoms with E-state index in [1.54, 1.807) is 6.33 Å². The SMILES string of the molecule is [C-]#[N+]C1=C[C@@]2(C)c3nc(CCN)nc(C)c3CC[C@@H]2[C@@H](C)C1=O.[C-]#[N+]C1=C[C@@]2(C)c3nc(N)nc(-c4ccccc4)c3CC[C@@H]2[C@@H](C)C1=O.[C-]#[N+]C1=C[C@@]2(C)c3nc(NC(=O)C4CCCCC4)nc(-c4ccccc4)c3CC[C@@H]2[C@@H](C)C1=O.[C-]#[N+]C1=C[C@@]2(C)c3ncnc(-c4ccccc4)c3CC[C@@H]2[C@@H](C)C1=O. The van der Waals surface area contributed by atoms with Crippen molar-refractivity contribution in [1.29, 1.82) is 0 Å².